The number of hydrogen-bond donors (Lipinski definition) is 0. The van der Waals surface area contributed by atoms with Crippen molar-refractivity contribution >= 4 is 17.5 Å². The summed E-state index contributed by atoms with van der Waals surface area (Å²) in [7, 11) is 3.23. The van der Waals surface area contributed by atoms with Crippen molar-refractivity contribution in [3.05, 3.63) is 89.5 Å². The van der Waals surface area contributed by atoms with Gasteiger partial charge in [0.2, 0.25) is 5.91 Å². The molecule has 0 saturated carbocycles. The molecule has 0 unspecified atom stereocenters. The monoisotopic (exact) mass is 528 g/mol. The Morgan fingerprint density at radius 1 is 0.846 bits per heavy atom. The number of methoxy groups -OCH3 is 2. The quantitative estimate of drug-likeness (QED) is 0.484. The Hall–Kier alpha value is -3.88. The van der Waals surface area contributed by atoms with E-state index in [1.54, 1.807) is 19.1 Å². The number of nitrogens with zero attached hydrogens (tertiary/aromatic N) is 2. The van der Waals surface area contributed by atoms with Crippen LogP contribution in [0.4, 0.5) is 5.69 Å². The van der Waals surface area contributed by atoms with Crippen molar-refractivity contribution in [3.63, 3.8) is 0 Å². The summed E-state index contributed by atoms with van der Waals surface area (Å²) >= 11 is 0. The van der Waals surface area contributed by atoms with E-state index in [0.717, 1.165) is 11.1 Å². The molecule has 0 bridgehead atoms. The molecule has 2 amide bonds. The van der Waals surface area contributed by atoms with Crippen LogP contribution < -0.4 is 14.4 Å². The maximum atomic E-state index is 14.5. The summed E-state index contributed by atoms with van der Waals surface area (Å²) in [6.45, 7) is 2.23. The number of carbonyl (C=O) groups is 2. The summed E-state index contributed by atoms with van der Waals surface area (Å²) < 4.78 is 22.5. The molecule has 6 rings (SSSR count). The Kier molecular flexibility index (Phi) is 6.74. The first-order valence-corrected chi connectivity index (χ1v) is 13.3. The second-order valence-corrected chi connectivity index (χ2v) is 10.1. The van der Waals surface area contributed by atoms with Crippen LogP contribution in [0.5, 0.6) is 11.5 Å². The van der Waals surface area contributed by atoms with Crippen molar-refractivity contribution in [2.75, 3.05) is 45.4 Å². The van der Waals surface area contributed by atoms with Gasteiger partial charge in [-0.05, 0) is 53.6 Å². The van der Waals surface area contributed by atoms with Crippen molar-refractivity contribution in [2.24, 2.45) is 0 Å². The van der Waals surface area contributed by atoms with E-state index >= 15 is 0 Å². The zero-order chi connectivity index (χ0) is 27.0. The fourth-order valence-corrected chi connectivity index (χ4v) is 6.02. The minimum Gasteiger partial charge on any atom is -0.497 e. The number of anilines is 1. The maximum absolute atomic E-state index is 14.5. The first-order chi connectivity index (χ1) is 19.0. The summed E-state index contributed by atoms with van der Waals surface area (Å²) in [5, 5.41) is 0. The molecule has 0 radical (unpaired) electrons. The zero-order valence-electron chi connectivity index (χ0n) is 22.2. The van der Waals surface area contributed by atoms with Crippen LogP contribution in [0.25, 0.3) is 0 Å². The third kappa shape index (κ3) is 4.53. The van der Waals surface area contributed by atoms with Gasteiger partial charge < -0.3 is 23.8 Å². The van der Waals surface area contributed by atoms with E-state index in [0.29, 0.717) is 61.9 Å². The summed E-state index contributed by atoms with van der Waals surface area (Å²) in [6.07, 6.45) is 1.25. The molecule has 3 aromatic rings. The molecule has 0 aliphatic carbocycles. The van der Waals surface area contributed by atoms with Crippen molar-refractivity contribution in [1.29, 1.82) is 0 Å². The Labute approximate surface area is 228 Å². The van der Waals surface area contributed by atoms with Crippen molar-refractivity contribution in [1.82, 2.24) is 4.90 Å². The van der Waals surface area contributed by atoms with Crippen LogP contribution >= 0.6 is 0 Å². The second kappa shape index (κ2) is 10.4. The number of piperidine rings is 1. The molecule has 3 aliphatic heterocycles. The molecule has 39 heavy (non-hydrogen) atoms. The number of hydrogen-bond acceptors (Lipinski definition) is 6. The van der Waals surface area contributed by atoms with Gasteiger partial charge in [-0.25, -0.2) is 0 Å². The number of benzene rings is 3. The van der Waals surface area contributed by atoms with E-state index in [1.165, 1.54) is 0 Å². The lowest BCUT2D eigenvalue weighted by atomic mass is 9.78. The minimum absolute atomic E-state index is 0.0119. The molecular weight excluding hydrogens is 496 g/mol. The molecule has 8 nitrogen and oxygen atoms in total. The molecule has 0 aromatic heterocycles. The number of carbonyl (C=O) groups excluding carboxylic acids is 2. The highest BCUT2D eigenvalue weighted by atomic mass is 16.7. The Morgan fingerprint density at radius 2 is 1.44 bits per heavy atom. The summed E-state index contributed by atoms with van der Waals surface area (Å²) in [4.78, 5) is 32.2. The highest BCUT2D eigenvalue weighted by Gasteiger charge is 2.48. The standard InChI is InChI=1S/C31H32N2O6/c1-36-23-11-7-21(8-12-23)28-27(30(35)32-17-15-31(16-18-32)38-19-20-39-31)25-5-3-4-6-26(25)29(34)33(28)22-9-13-24(37-2)14-10-22/h3-14,27-28H,15-20H2,1-2H3/t27-,28+/m0/s1. The lowest BCUT2D eigenvalue weighted by Crippen LogP contribution is -2.52. The first kappa shape index (κ1) is 25.4. The maximum Gasteiger partial charge on any atom is 0.259 e. The van der Waals surface area contributed by atoms with E-state index in [9.17, 15) is 9.59 Å². The van der Waals surface area contributed by atoms with Gasteiger partial charge >= 0.3 is 0 Å². The minimum atomic E-state index is -0.603. The Bertz CT molecular complexity index is 1340. The molecule has 2 saturated heterocycles. The summed E-state index contributed by atoms with van der Waals surface area (Å²) in [5.74, 6) is 0.0534. The van der Waals surface area contributed by atoms with Gasteiger partial charge in [-0.2, -0.15) is 0 Å². The zero-order valence-corrected chi connectivity index (χ0v) is 22.2. The van der Waals surface area contributed by atoms with E-state index < -0.39 is 17.7 Å². The predicted molar refractivity (Wildman–Crippen MR) is 145 cm³/mol. The number of amides is 2. The second-order valence-electron chi connectivity index (χ2n) is 10.1. The van der Waals surface area contributed by atoms with E-state index in [1.807, 2.05) is 77.7 Å². The molecule has 3 aromatic carbocycles. The fraction of sp³-hybridized carbons (Fsp3) is 0.355. The number of fused-ring (bicyclic) bond motifs is 1. The van der Waals surface area contributed by atoms with Gasteiger partial charge in [-0.15, -0.1) is 0 Å². The van der Waals surface area contributed by atoms with Gasteiger partial charge in [0, 0.05) is 37.2 Å². The van der Waals surface area contributed by atoms with Gasteiger partial charge in [0.15, 0.2) is 5.79 Å². The molecule has 3 heterocycles. The average Bonchev–Trinajstić information content (AvgIpc) is 3.45. The van der Waals surface area contributed by atoms with E-state index in [2.05, 4.69) is 0 Å². The highest BCUT2D eigenvalue weighted by Crippen LogP contribution is 2.47. The molecule has 2 fully saturated rings. The van der Waals surface area contributed by atoms with Crippen LogP contribution in [0.2, 0.25) is 0 Å². The Morgan fingerprint density at radius 3 is 2.05 bits per heavy atom. The molecule has 8 heteroatoms. The van der Waals surface area contributed by atoms with Gasteiger partial charge in [0.1, 0.15) is 11.5 Å². The normalized spacial score (nSPS) is 22.1. The third-order valence-electron chi connectivity index (χ3n) is 8.06. The molecule has 3 aliphatic rings. The highest BCUT2D eigenvalue weighted by molar-refractivity contribution is 6.11. The smallest absolute Gasteiger partial charge is 0.259 e. The molecule has 202 valence electrons. The fourth-order valence-electron chi connectivity index (χ4n) is 6.02. The van der Waals surface area contributed by atoms with Gasteiger partial charge in [-0.3, -0.25) is 14.5 Å². The van der Waals surface area contributed by atoms with Gasteiger partial charge in [-0.1, -0.05) is 30.3 Å². The predicted octanol–water partition coefficient (Wildman–Crippen LogP) is 4.55. The first-order valence-electron chi connectivity index (χ1n) is 13.3. The lowest BCUT2D eigenvalue weighted by Gasteiger charge is -2.45. The number of ether oxygens (including phenoxy) is 4. The number of likely N-dealkylation sites (tertiary alicyclic amines) is 1. The van der Waals surface area contributed by atoms with Crippen LogP contribution in [-0.4, -0.2) is 63.0 Å². The van der Waals surface area contributed by atoms with Crippen molar-refractivity contribution in [3.8, 4) is 11.5 Å². The van der Waals surface area contributed by atoms with E-state index in [4.69, 9.17) is 18.9 Å². The number of rotatable bonds is 5. The van der Waals surface area contributed by atoms with Gasteiger partial charge in [0.25, 0.3) is 5.91 Å². The Balaban J connectivity index is 1.45. The largest absolute Gasteiger partial charge is 0.497 e. The van der Waals surface area contributed by atoms with Gasteiger partial charge in [0.05, 0.1) is 39.4 Å². The molecule has 2 atom stereocenters. The van der Waals surface area contributed by atoms with Crippen LogP contribution in [0, 0.1) is 0 Å². The van der Waals surface area contributed by atoms with Crippen LogP contribution in [-0.2, 0) is 14.3 Å². The SMILES string of the molecule is COc1ccc([C@@H]2[C@@H](C(=O)N3CCC4(CC3)OCCO4)c3ccccc3C(=O)N2c2ccc(OC)cc2)cc1. The summed E-state index contributed by atoms with van der Waals surface area (Å²) in [5.41, 5.74) is 2.82. The summed E-state index contributed by atoms with van der Waals surface area (Å²) in [6, 6.07) is 21.9. The lowest BCUT2D eigenvalue weighted by molar-refractivity contribution is -0.187. The van der Waals surface area contributed by atoms with Crippen molar-refractivity contribution < 1.29 is 28.5 Å². The van der Waals surface area contributed by atoms with Crippen LogP contribution in [0.15, 0.2) is 72.8 Å². The third-order valence-corrected chi connectivity index (χ3v) is 8.06. The van der Waals surface area contributed by atoms with Crippen LogP contribution in [0.3, 0.4) is 0 Å². The van der Waals surface area contributed by atoms with E-state index in [-0.39, 0.29) is 11.8 Å². The topological polar surface area (TPSA) is 77.5 Å². The van der Waals surface area contributed by atoms with Crippen molar-refractivity contribution in [2.45, 2.75) is 30.6 Å². The average molecular weight is 529 g/mol. The molecule has 0 N–H and O–H groups in total. The molecule has 1 spiro atoms. The van der Waals surface area contributed by atoms with Crippen LogP contribution in [0.1, 0.15) is 46.3 Å². The molecular formula is C31H32N2O6.